The van der Waals surface area contributed by atoms with Gasteiger partial charge in [0.25, 0.3) is 0 Å². The molecule has 0 fully saturated rings. The first-order chi connectivity index (χ1) is 15.5. The highest BCUT2D eigenvalue weighted by Crippen LogP contribution is 2.25. The number of aliphatic hydroxyl groups excluding tert-OH is 2. The van der Waals surface area contributed by atoms with Crippen molar-refractivity contribution in [2.75, 3.05) is 13.2 Å². The molecule has 7 nitrogen and oxygen atoms in total. The summed E-state index contributed by atoms with van der Waals surface area (Å²) in [7, 11) is 0. The van der Waals surface area contributed by atoms with Gasteiger partial charge in [0, 0.05) is 18.2 Å². The lowest BCUT2D eigenvalue weighted by molar-refractivity contribution is -0.121. The van der Waals surface area contributed by atoms with E-state index in [4.69, 9.17) is 0 Å². The van der Waals surface area contributed by atoms with Crippen molar-refractivity contribution in [3.05, 3.63) is 59.2 Å². The summed E-state index contributed by atoms with van der Waals surface area (Å²) in [5, 5.41) is 45.5. The van der Waals surface area contributed by atoms with Crippen LogP contribution in [0.2, 0.25) is 0 Å². The summed E-state index contributed by atoms with van der Waals surface area (Å²) in [5.41, 5.74) is 2.04. The van der Waals surface area contributed by atoms with Crippen molar-refractivity contribution < 1.29 is 25.2 Å². The zero-order chi connectivity index (χ0) is 24.6. The van der Waals surface area contributed by atoms with Gasteiger partial charge in [0.05, 0.1) is 25.2 Å². The molecule has 7 heteroatoms. The van der Waals surface area contributed by atoms with Gasteiger partial charge in [0.15, 0.2) is 0 Å². The standard InChI is InChI=1S/C26H38N2O5/c1-5-17(2)23(16-29)28-25(33)10-18-7-6-8-19(9-18)14-26(3,4)27-15-24(32)20-11-21(30)13-22(31)12-20/h6-9,11-13,17,23-24,27,29-32H,5,10,14-16H2,1-4H3,(H,28,33)/t17-,23+,24?/m0/s1. The van der Waals surface area contributed by atoms with Gasteiger partial charge < -0.3 is 31.1 Å². The first-order valence-corrected chi connectivity index (χ1v) is 11.5. The Balaban J connectivity index is 1.95. The van der Waals surface area contributed by atoms with E-state index >= 15 is 0 Å². The van der Waals surface area contributed by atoms with Crippen molar-refractivity contribution >= 4 is 5.91 Å². The number of amides is 1. The van der Waals surface area contributed by atoms with E-state index in [0.29, 0.717) is 12.0 Å². The number of benzene rings is 2. The maximum atomic E-state index is 12.5. The second-order valence-electron chi connectivity index (χ2n) is 9.48. The summed E-state index contributed by atoms with van der Waals surface area (Å²) < 4.78 is 0. The zero-order valence-corrected chi connectivity index (χ0v) is 20.0. The van der Waals surface area contributed by atoms with Crippen LogP contribution in [-0.2, 0) is 17.6 Å². The van der Waals surface area contributed by atoms with Crippen molar-refractivity contribution in [3.63, 3.8) is 0 Å². The fourth-order valence-electron chi connectivity index (χ4n) is 3.82. The molecule has 0 bridgehead atoms. The molecule has 0 heterocycles. The highest BCUT2D eigenvalue weighted by molar-refractivity contribution is 5.79. The average molecular weight is 459 g/mol. The number of rotatable bonds is 12. The molecule has 0 aliphatic heterocycles. The van der Waals surface area contributed by atoms with Crippen molar-refractivity contribution in [1.29, 1.82) is 0 Å². The number of hydrogen-bond acceptors (Lipinski definition) is 6. The molecular formula is C26H38N2O5. The average Bonchev–Trinajstić information content (AvgIpc) is 2.74. The number of phenolic OH excluding ortho intramolecular Hbond substituents is 2. The Kier molecular flexibility index (Phi) is 9.70. The highest BCUT2D eigenvalue weighted by atomic mass is 16.3. The molecule has 0 aliphatic rings. The van der Waals surface area contributed by atoms with Crippen molar-refractivity contribution in [2.24, 2.45) is 5.92 Å². The fourth-order valence-corrected chi connectivity index (χ4v) is 3.82. The molecular weight excluding hydrogens is 420 g/mol. The molecule has 2 aromatic carbocycles. The molecule has 0 aromatic heterocycles. The SMILES string of the molecule is CC[C@H](C)[C@@H](CO)NC(=O)Cc1cccc(CC(C)(C)NCC(O)c2cc(O)cc(O)c2)c1. The summed E-state index contributed by atoms with van der Waals surface area (Å²) in [6.45, 7) is 8.27. The lowest BCUT2D eigenvalue weighted by Gasteiger charge is -2.28. The minimum Gasteiger partial charge on any atom is -0.508 e. The predicted molar refractivity (Wildman–Crippen MR) is 129 cm³/mol. The highest BCUT2D eigenvalue weighted by Gasteiger charge is 2.21. The maximum Gasteiger partial charge on any atom is 0.224 e. The maximum absolute atomic E-state index is 12.5. The molecule has 2 rings (SSSR count). The van der Waals surface area contributed by atoms with E-state index in [2.05, 4.69) is 10.6 Å². The second-order valence-corrected chi connectivity index (χ2v) is 9.48. The number of aliphatic hydroxyl groups is 2. The molecule has 0 radical (unpaired) electrons. The van der Waals surface area contributed by atoms with Crippen LogP contribution < -0.4 is 10.6 Å². The van der Waals surface area contributed by atoms with Gasteiger partial charge in [0.1, 0.15) is 11.5 Å². The summed E-state index contributed by atoms with van der Waals surface area (Å²) in [4.78, 5) is 12.5. The van der Waals surface area contributed by atoms with Crippen LogP contribution in [0.5, 0.6) is 11.5 Å². The van der Waals surface area contributed by atoms with E-state index < -0.39 is 6.10 Å². The van der Waals surface area contributed by atoms with Gasteiger partial charge in [-0.15, -0.1) is 0 Å². The third-order valence-corrected chi connectivity index (χ3v) is 5.96. The number of β-amino-alcohol motifs (C(OH)–C–C–N with tert-alkyl or cyclic N) is 1. The normalized spacial score (nSPS) is 14.5. The van der Waals surface area contributed by atoms with Crippen molar-refractivity contribution in [1.82, 2.24) is 10.6 Å². The van der Waals surface area contributed by atoms with Gasteiger partial charge in [-0.1, -0.05) is 44.5 Å². The molecule has 0 aliphatic carbocycles. The lowest BCUT2D eigenvalue weighted by atomic mass is 9.93. The molecule has 3 atom stereocenters. The molecule has 182 valence electrons. The Morgan fingerprint density at radius 2 is 1.70 bits per heavy atom. The van der Waals surface area contributed by atoms with E-state index in [1.807, 2.05) is 52.0 Å². The minimum absolute atomic E-state index is 0.0747. The number of phenols is 2. The van der Waals surface area contributed by atoms with Crippen LogP contribution in [0.15, 0.2) is 42.5 Å². The van der Waals surface area contributed by atoms with Crippen LogP contribution in [0, 0.1) is 5.92 Å². The van der Waals surface area contributed by atoms with Crippen LogP contribution in [0.25, 0.3) is 0 Å². The molecule has 33 heavy (non-hydrogen) atoms. The Morgan fingerprint density at radius 3 is 2.30 bits per heavy atom. The summed E-state index contributed by atoms with van der Waals surface area (Å²) in [6, 6.07) is 11.7. The topological polar surface area (TPSA) is 122 Å². The molecule has 0 saturated carbocycles. The van der Waals surface area contributed by atoms with Gasteiger partial charge in [-0.3, -0.25) is 4.79 Å². The monoisotopic (exact) mass is 458 g/mol. The number of carbonyl (C=O) groups is 1. The quantitative estimate of drug-likeness (QED) is 0.291. The lowest BCUT2D eigenvalue weighted by Crippen LogP contribution is -2.43. The number of hydrogen-bond donors (Lipinski definition) is 6. The van der Waals surface area contributed by atoms with Crippen LogP contribution in [0.3, 0.4) is 0 Å². The van der Waals surface area contributed by atoms with Gasteiger partial charge in [-0.25, -0.2) is 0 Å². The van der Waals surface area contributed by atoms with E-state index in [0.717, 1.165) is 17.5 Å². The smallest absolute Gasteiger partial charge is 0.224 e. The zero-order valence-electron chi connectivity index (χ0n) is 20.0. The minimum atomic E-state index is -0.887. The molecule has 1 unspecified atom stereocenters. The Labute approximate surface area is 196 Å². The molecule has 1 amide bonds. The third kappa shape index (κ3) is 8.68. The van der Waals surface area contributed by atoms with Crippen LogP contribution in [0.1, 0.15) is 56.9 Å². The number of aromatic hydroxyl groups is 2. The summed E-state index contributed by atoms with van der Waals surface area (Å²) in [6.07, 6.45) is 0.910. The van der Waals surface area contributed by atoms with Crippen LogP contribution in [0.4, 0.5) is 0 Å². The van der Waals surface area contributed by atoms with E-state index in [-0.39, 0.29) is 54.5 Å². The first-order valence-electron chi connectivity index (χ1n) is 11.5. The van der Waals surface area contributed by atoms with E-state index in [9.17, 15) is 25.2 Å². The van der Waals surface area contributed by atoms with Gasteiger partial charge >= 0.3 is 0 Å². The summed E-state index contributed by atoms with van der Waals surface area (Å²) >= 11 is 0. The van der Waals surface area contributed by atoms with Gasteiger partial charge in [0.2, 0.25) is 5.91 Å². The van der Waals surface area contributed by atoms with Gasteiger partial charge in [-0.05, 0) is 55.0 Å². The van der Waals surface area contributed by atoms with Crippen LogP contribution >= 0.6 is 0 Å². The van der Waals surface area contributed by atoms with Crippen molar-refractivity contribution in [2.45, 2.75) is 64.6 Å². The number of nitrogens with one attached hydrogen (secondary N) is 2. The molecule has 0 spiro atoms. The summed E-state index contributed by atoms with van der Waals surface area (Å²) in [5.74, 6) is -0.102. The molecule has 0 saturated heterocycles. The molecule has 6 N–H and O–H groups in total. The molecule has 2 aromatic rings. The van der Waals surface area contributed by atoms with Gasteiger partial charge in [-0.2, -0.15) is 0 Å². The Morgan fingerprint density at radius 1 is 1.06 bits per heavy atom. The van der Waals surface area contributed by atoms with E-state index in [1.54, 1.807) is 0 Å². The third-order valence-electron chi connectivity index (χ3n) is 5.96. The fraction of sp³-hybridized carbons (Fsp3) is 0.500. The Hall–Kier alpha value is -2.61. The van der Waals surface area contributed by atoms with Crippen LogP contribution in [-0.4, -0.2) is 51.1 Å². The Bertz CT molecular complexity index is 895. The van der Waals surface area contributed by atoms with E-state index in [1.165, 1.54) is 18.2 Å². The first kappa shape index (κ1) is 26.6. The van der Waals surface area contributed by atoms with Crippen molar-refractivity contribution in [3.8, 4) is 11.5 Å². The second kappa shape index (κ2) is 12.0. The number of carbonyl (C=O) groups excluding carboxylic acids is 1. The largest absolute Gasteiger partial charge is 0.508 e. The predicted octanol–water partition coefficient (Wildman–Crippen LogP) is 2.81.